The van der Waals surface area contributed by atoms with E-state index in [0.29, 0.717) is 12.1 Å². The molecule has 1 aromatic heterocycles. The predicted octanol–water partition coefficient (Wildman–Crippen LogP) is 3.67. The molecule has 0 bridgehead atoms. The van der Waals surface area contributed by atoms with Crippen molar-refractivity contribution in [2.75, 3.05) is 6.61 Å². The number of aromatic nitrogens is 1. The molecule has 0 amide bonds. The Balaban J connectivity index is 2.30. The molecule has 21 heavy (non-hydrogen) atoms. The first kappa shape index (κ1) is 15.6. The van der Waals surface area contributed by atoms with Gasteiger partial charge in [-0.3, -0.25) is 0 Å². The van der Waals surface area contributed by atoms with Crippen LogP contribution in [0.3, 0.4) is 0 Å². The third-order valence-electron chi connectivity index (χ3n) is 2.86. The summed E-state index contributed by atoms with van der Waals surface area (Å²) in [7, 11) is 0. The summed E-state index contributed by atoms with van der Waals surface area (Å²) in [5.74, 6) is -0.00780. The van der Waals surface area contributed by atoms with E-state index in [1.54, 1.807) is 18.2 Å². The largest absolute Gasteiger partial charge is 0.468 e. The van der Waals surface area contributed by atoms with E-state index in [1.807, 2.05) is 26.0 Å². The Morgan fingerprint density at radius 2 is 1.95 bits per heavy atom. The molecular formula is C15H17F3N2O. The topological polar surface area (TPSA) is 34.1 Å². The van der Waals surface area contributed by atoms with Gasteiger partial charge in [0.25, 0.3) is 0 Å². The van der Waals surface area contributed by atoms with Crippen LogP contribution < -0.4 is 10.1 Å². The Labute approximate surface area is 121 Å². The molecule has 6 heteroatoms. The molecule has 0 aliphatic rings. The number of alkyl halides is 3. The Hall–Kier alpha value is -1.82. The molecule has 1 N–H and O–H groups in total. The predicted molar refractivity (Wildman–Crippen MR) is 75.3 cm³/mol. The van der Waals surface area contributed by atoms with Crippen molar-refractivity contribution in [2.45, 2.75) is 32.6 Å². The van der Waals surface area contributed by atoms with E-state index in [1.165, 1.54) is 0 Å². The van der Waals surface area contributed by atoms with Crippen LogP contribution in [-0.2, 0) is 6.54 Å². The van der Waals surface area contributed by atoms with Crippen LogP contribution in [0.25, 0.3) is 10.9 Å². The van der Waals surface area contributed by atoms with Gasteiger partial charge in [-0.2, -0.15) is 13.2 Å². The van der Waals surface area contributed by atoms with Crippen molar-refractivity contribution in [3.8, 4) is 5.88 Å². The number of hydrogen-bond donors (Lipinski definition) is 1. The summed E-state index contributed by atoms with van der Waals surface area (Å²) in [5.41, 5.74) is 1.49. The Morgan fingerprint density at radius 1 is 1.24 bits per heavy atom. The van der Waals surface area contributed by atoms with Crippen molar-refractivity contribution >= 4 is 10.9 Å². The van der Waals surface area contributed by atoms with Gasteiger partial charge in [0.15, 0.2) is 6.61 Å². The first-order valence-corrected chi connectivity index (χ1v) is 6.67. The molecule has 0 radical (unpaired) electrons. The van der Waals surface area contributed by atoms with Gasteiger partial charge in [0.05, 0.1) is 5.52 Å². The lowest BCUT2D eigenvalue weighted by Gasteiger charge is -2.13. The van der Waals surface area contributed by atoms with Crippen LogP contribution in [0, 0.1) is 0 Å². The van der Waals surface area contributed by atoms with Gasteiger partial charge in [0.1, 0.15) is 0 Å². The second-order valence-electron chi connectivity index (χ2n) is 5.08. The van der Waals surface area contributed by atoms with Crippen LogP contribution >= 0.6 is 0 Å². The third-order valence-corrected chi connectivity index (χ3v) is 2.86. The summed E-state index contributed by atoms with van der Waals surface area (Å²) in [6.45, 7) is 3.22. The lowest BCUT2D eigenvalue weighted by Crippen LogP contribution is -2.22. The first-order chi connectivity index (χ1) is 9.85. The minimum atomic E-state index is -4.37. The number of nitrogens with one attached hydrogen (secondary N) is 1. The molecule has 0 atom stereocenters. The minimum Gasteiger partial charge on any atom is -0.468 e. The molecule has 0 fully saturated rings. The summed E-state index contributed by atoms with van der Waals surface area (Å²) in [6.07, 6.45) is -4.37. The Morgan fingerprint density at radius 3 is 2.62 bits per heavy atom. The Bertz CT molecular complexity index is 611. The monoisotopic (exact) mass is 298 g/mol. The molecule has 1 heterocycles. The average Bonchev–Trinajstić information content (AvgIpc) is 2.41. The van der Waals surface area contributed by atoms with Gasteiger partial charge in [0.2, 0.25) is 5.88 Å². The van der Waals surface area contributed by atoms with Crippen LogP contribution in [0.1, 0.15) is 19.4 Å². The quantitative estimate of drug-likeness (QED) is 0.914. The van der Waals surface area contributed by atoms with Crippen molar-refractivity contribution in [3.05, 3.63) is 35.9 Å². The number of pyridine rings is 1. The number of rotatable bonds is 5. The van der Waals surface area contributed by atoms with Gasteiger partial charge in [-0.05, 0) is 11.6 Å². The second kappa shape index (κ2) is 6.30. The number of nitrogens with zero attached hydrogens (tertiary/aromatic N) is 1. The zero-order chi connectivity index (χ0) is 15.5. The van der Waals surface area contributed by atoms with Crippen LogP contribution in [0.4, 0.5) is 13.2 Å². The highest BCUT2D eigenvalue weighted by molar-refractivity contribution is 5.82. The molecule has 114 valence electrons. The highest BCUT2D eigenvalue weighted by Gasteiger charge is 2.28. The fourth-order valence-electron chi connectivity index (χ4n) is 1.91. The SMILES string of the molecule is CC(C)NCc1cc(OCC(F)(F)F)nc2ccccc12. The summed E-state index contributed by atoms with van der Waals surface area (Å²) in [6, 6.07) is 9.16. The van der Waals surface area contributed by atoms with Gasteiger partial charge in [-0.15, -0.1) is 0 Å². The molecular weight excluding hydrogens is 281 g/mol. The highest BCUT2D eigenvalue weighted by Crippen LogP contribution is 2.24. The molecule has 0 aliphatic carbocycles. The van der Waals surface area contributed by atoms with E-state index < -0.39 is 12.8 Å². The molecule has 2 aromatic rings. The summed E-state index contributed by atoms with van der Waals surface area (Å²) in [4.78, 5) is 4.12. The van der Waals surface area contributed by atoms with Crippen molar-refractivity contribution in [1.29, 1.82) is 0 Å². The van der Waals surface area contributed by atoms with E-state index in [2.05, 4.69) is 10.3 Å². The zero-order valence-electron chi connectivity index (χ0n) is 11.9. The molecule has 0 saturated carbocycles. The van der Waals surface area contributed by atoms with Crippen LogP contribution in [0.5, 0.6) is 5.88 Å². The maximum atomic E-state index is 12.2. The summed E-state index contributed by atoms with van der Waals surface area (Å²) in [5, 5.41) is 4.16. The highest BCUT2D eigenvalue weighted by atomic mass is 19.4. The number of ether oxygens (including phenoxy) is 1. The van der Waals surface area contributed by atoms with E-state index in [-0.39, 0.29) is 11.9 Å². The van der Waals surface area contributed by atoms with Crippen molar-refractivity contribution < 1.29 is 17.9 Å². The molecule has 0 unspecified atom stereocenters. The van der Waals surface area contributed by atoms with Crippen LogP contribution in [-0.4, -0.2) is 23.8 Å². The van der Waals surface area contributed by atoms with E-state index in [4.69, 9.17) is 4.74 Å². The molecule has 3 nitrogen and oxygen atoms in total. The molecule has 0 spiro atoms. The fourth-order valence-corrected chi connectivity index (χ4v) is 1.91. The van der Waals surface area contributed by atoms with Gasteiger partial charge in [-0.1, -0.05) is 32.0 Å². The van der Waals surface area contributed by atoms with Crippen molar-refractivity contribution in [2.24, 2.45) is 0 Å². The van der Waals surface area contributed by atoms with Gasteiger partial charge in [0, 0.05) is 24.0 Å². The van der Waals surface area contributed by atoms with Crippen molar-refractivity contribution in [3.63, 3.8) is 0 Å². The van der Waals surface area contributed by atoms with E-state index >= 15 is 0 Å². The summed E-state index contributed by atoms with van der Waals surface area (Å²) < 4.78 is 41.5. The van der Waals surface area contributed by atoms with Gasteiger partial charge >= 0.3 is 6.18 Å². The Kier molecular flexibility index (Phi) is 4.67. The molecule has 0 saturated heterocycles. The second-order valence-corrected chi connectivity index (χ2v) is 5.08. The standard InChI is InChI=1S/C15H17F3N2O/c1-10(2)19-8-11-7-14(21-9-15(16,17)18)20-13-6-4-3-5-12(11)13/h3-7,10,19H,8-9H2,1-2H3. The number of halogens is 3. The summed E-state index contributed by atoms with van der Waals surface area (Å²) >= 11 is 0. The lowest BCUT2D eigenvalue weighted by molar-refractivity contribution is -0.154. The minimum absolute atomic E-state index is 0.00780. The van der Waals surface area contributed by atoms with Gasteiger partial charge < -0.3 is 10.1 Å². The smallest absolute Gasteiger partial charge is 0.422 e. The lowest BCUT2D eigenvalue weighted by atomic mass is 10.1. The fraction of sp³-hybridized carbons (Fsp3) is 0.400. The number of para-hydroxylation sites is 1. The van der Waals surface area contributed by atoms with Crippen molar-refractivity contribution in [1.82, 2.24) is 10.3 Å². The van der Waals surface area contributed by atoms with E-state index in [0.717, 1.165) is 10.9 Å². The average molecular weight is 298 g/mol. The maximum absolute atomic E-state index is 12.2. The third kappa shape index (κ3) is 4.60. The first-order valence-electron chi connectivity index (χ1n) is 6.67. The van der Waals surface area contributed by atoms with Crippen LogP contribution in [0.15, 0.2) is 30.3 Å². The number of hydrogen-bond acceptors (Lipinski definition) is 3. The molecule has 1 aromatic carbocycles. The van der Waals surface area contributed by atoms with Gasteiger partial charge in [-0.25, -0.2) is 4.98 Å². The zero-order valence-corrected chi connectivity index (χ0v) is 11.9. The molecule has 2 rings (SSSR count). The van der Waals surface area contributed by atoms with E-state index in [9.17, 15) is 13.2 Å². The molecule has 0 aliphatic heterocycles. The number of benzene rings is 1. The number of fused-ring (bicyclic) bond motifs is 1. The van der Waals surface area contributed by atoms with Crippen LogP contribution in [0.2, 0.25) is 0 Å². The maximum Gasteiger partial charge on any atom is 0.422 e. The normalized spacial score (nSPS) is 12.1.